The van der Waals surface area contributed by atoms with E-state index in [-0.39, 0.29) is 11.1 Å². The number of nitrogens with zero attached hydrogens (tertiary/aromatic N) is 3. The minimum absolute atomic E-state index is 0.107. The van der Waals surface area contributed by atoms with Crippen LogP contribution in [0.4, 0.5) is 0 Å². The first kappa shape index (κ1) is 20.9. The molecule has 5 heteroatoms. The number of nitrogens with one attached hydrogen (secondary N) is 1. The normalized spacial score (nSPS) is 19.1. The SMILES string of the molecule is COc1ccccc1CN(Cc1cnn(C)c1C)C1CC(C)(C)NC(C)(C)C1. The molecule has 2 heterocycles. The van der Waals surface area contributed by atoms with Gasteiger partial charge in [0, 0.05) is 54.1 Å². The largest absolute Gasteiger partial charge is 0.496 e. The molecule has 1 N–H and O–H groups in total. The molecule has 0 saturated carbocycles. The zero-order valence-electron chi connectivity index (χ0n) is 18.5. The molecule has 0 spiro atoms. The van der Waals surface area contributed by atoms with E-state index in [4.69, 9.17) is 4.74 Å². The lowest BCUT2D eigenvalue weighted by atomic mass is 9.78. The van der Waals surface area contributed by atoms with Gasteiger partial charge in [-0.25, -0.2) is 0 Å². The lowest BCUT2D eigenvalue weighted by Gasteiger charge is -2.49. The molecule has 1 aliphatic heterocycles. The van der Waals surface area contributed by atoms with Crippen molar-refractivity contribution in [2.75, 3.05) is 7.11 Å². The molecule has 1 aromatic heterocycles. The number of rotatable bonds is 6. The number of ether oxygens (including phenoxy) is 1. The quantitative estimate of drug-likeness (QED) is 0.816. The fourth-order valence-corrected chi connectivity index (χ4v) is 4.81. The molecule has 0 unspecified atom stereocenters. The Bertz CT molecular complexity index is 793. The van der Waals surface area contributed by atoms with Crippen LogP contribution in [0.3, 0.4) is 0 Å². The average molecular weight is 385 g/mol. The van der Waals surface area contributed by atoms with E-state index in [0.29, 0.717) is 6.04 Å². The molecule has 0 bridgehead atoms. The fraction of sp³-hybridized carbons (Fsp3) is 0.609. The van der Waals surface area contributed by atoms with Crippen molar-refractivity contribution in [3.63, 3.8) is 0 Å². The molecular weight excluding hydrogens is 348 g/mol. The van der Waals surface area contributed by atoms with E-state index < -0.39 is 0 Å². The monoisotopic (exact) mass is 384 g/mol. The number of para-hydroxylation sites is 1. The molecule has 1 saturated heterocycles. The van der Waals surface area contributed by atoms with Crippen molar-refractivity contribution in [3.05, 3.63) is 47.3 Å². The molecule has 28 heavy (non-hydrogen) atoms. The van der Waals surface area contributed by atoms with Crippen molar-refractivity contribution in [1.29, 1.82) is 0 Å². The summed E-state index contributed by atoms with van der Waals surface area (Å²) in [6.07, 6.45) is 4.25. The van der Waals surface area contributed by atoms with Gasteiger partial charge in [-0.1, -0.05) is 18.2 Å². The highest BCUT2D eigenvalue weighted by atomic mass is 16.5. The molecule has 5 nitrogen and oxygen atoms in total. The first-order valence-electron chi connectivity index (χ1n) is 10.2. The predicted octanol–water partition coefficient (Wildman–Crippen LogP) is 4.05. The van der Waals surface area contributed by atoms with Crippen molar-refractivity contribution >= 4 is 0 Å². The van der Waals surface area contributed by atoms with Crippen LogP contribution in [0.5, 0.6) is 5.75 Å². The van der Waals surface area contributed by atoms with Crippen LogP contribution in [0.2, 0.25) is 0 Å². The maximum atomic E-state index is 5.64. The minimum Gasteiger partial charge on any atom is -0.496 e. The Kier molecular flexibility index (Phi) is 5.87. The molecule has 0 amide bonds. The second kappa shape index (κ2) is 7.88. The number of benzene rings is 1. The third kappa shape index (κ3) is 4.76. The van der Waals surface area contributed by atoms with E-state index in [1.54, 1.807) is 7.11 Å². The van der Waals surface area contributed by atoms with E-state index in [1.807, 2.05) is 24.0 Å². The van der Waals surface area contributed by atoms with Gasteiger partial charge in [0.25, 0.3) is 0 Å². The summed E-state index contributed by atoms with van der Waals surface area (Å²) in [5.74, 6) is 0.961. The van der Waals surface area contributed by atoms with Gasteiger partial charge in [-0.15, -0.1) is 0 Å². The van der Waals surface area contributed by atoms with Crippen molar-refractivity contribution in [3.8, 4) is 5.75 Å². The summed E-state index contributed by atoms with van der Waals surface area (Å²) in [5, 5.41) is 8.28. The van der Waals surface area contributed by atoms with Crippen LogP contribution in [0.25, 0.3) is 0 Å². The van der Waals surface area contributed by atoms with Gasteiger partial charge >= 0.3 is 0 Å². The highest BCUT2D eigenvalue weighted by Crippen LogP contribution is 2.34. The van der Waals surface area contributed by atoms with Crippen molar-refractivity contribution in [2.45, 2.75) is 77.7 Å². The van der Waals surface area contributed by atoms with Crippen LogP contribution < -0.4 is 10.1 Å². The number of aryl methyl sites for hydroxylation is 1. The molecule has 0 radical (unpaired) electrons. The number of methoxy groups -OCH3 is 1. The van der Waals surface area contributed by atoms with Gasteiger partial charge in [-0.05, 0) is 53.5 Å². The third-order valence-electron chi connectivity index (χ3n) is 5.96. The number of hydrogen-bond donors (Lipinski definition) is 1. The van der Waals surface area contributed by atoms with E-state index in [1.165, 1.54) is 16.8 Å². The number of aromatic nitrogens is 2. The Morgan fingerprint density at radius 2 is 1.71 bits per heavy atom. The second-order valence-corrected chi connectivity index (χ2v) is 9.55. The molecule has 1 aromatic carbocycles. The van der Waals surface area contributed by atoms with Crippen molar-refractivity contribution < 1.29 is 4.74 Å². The lowest BCUT2D eigenvalue weighted by molar-refractivity contribution is 0.0558. The zero-order valence-corrected chi connectivity index (χ0v) is 18.5. The zero-order chi connectivity index (χ0) is 20.5. The summed E-state index contributed by atoms with van der Waals surface area (Å²) >= 11 is 0. The van der Waals surface area contributed by atoms with Crippen LogP contribution in [0.15, 0.2) is 30.5 Å². The van der Waals surface area contributed by atoms with E-state index >= 15 is 0 Å². The van der Waals surface area contributed by atoms with E-state index in [9.17, 15) is 0 Å². The molecule has 1 aliphatic rings. The maximum absolute atomic E-state index is 5.64. The first-order valence-corrected chi connectivity index (χ1v) is 10.2. The highest BCUT2D eigenvalue weighted by Gasteiger charge is 2.40. The Balaban J connectivity index is 1.93. The maximum Gasteiger partial charge on any atom is 0.123 e. The van der Waals surface area contributed by atoms with Gasteiger partial charge < -0.3 is 10.1 Å². The van der Waals surface area contributed by atoms with E-state index in [0.717, 1.165) is 31.7 Å². The summed E-state index contributed by atoms with van der Waals surface area (Å²) in [6, 6.07) is 8.85. The minimum atomic E-state index is 0.107. The second-order valence-electron chi connectivity index (χ2n) is 9.55. The van der Waals surface area contributed by atoms with E-state index in [2.05, 4.69) is 68.1 Å². The summed E-state index contributed by atoms with van der Waals surface area (Å²) in [7, 11) is 3.77. The summed E-state index contributed by atoms with van der Waals surface area (Å²) < 4.78 is 7.60. The van der Waals surface area contributed by atoms with Gasteiger partial charge in [-0.2, -0.15) is 5.10 Å². The molecule has 154 valence electrons. The van der Waals surface area contributed by atoms with Crippen LogP contribution in [-0.4, -0.2) is 38.9 Å². The molecule has 2 aromatic rings. The summed E-state index contributed by atoms with van der Waals surface area (Å²) in [6.45, 7) is 13.2. The topological polar surface area (TPSA) is 42.3 Å². The Labute approximate surface area is 170 Å². The Hall–Kier alpha value is -1.85. The standard InChI is InChI=1S/C23H36N4O/c1-17-19(14-24-26(17)6)16-27(15-18-10-8-9-11-21(18)28-7)20-12-22(2,3)25-23(4,5)13-20/h8-11,14,20,25H,12-13,15-16H2,1-7H3. The van der Waals surface area contributed by atoms with Crippen molar-refractivity contribution in [1.82, 2.24) is 20.0 Å². The van der Waals surface area contributed by atoms with Gasteiger partial charge in [0.2, 0.25) is 0 Å². The smallest absolute Gasteiger partial charge is 0.123 e. The van der Waals surface area contributed by atoms with Crippen LogP contribution >= 0.6 is 0 Å². The predicted molar refractivity (Wildman–Crippen MR) is 115 cm³/mol. The first-order chi connectivity index (χ1) is 13.1. The van der Waals surface area contributed by atoms with Crippen molar-refractivity contribution in [2.24, 2.45) is 7.05 Å². The van der Waals surface area contributed by atoms with Gasteiger partial charge in [-0.3, -0.25) is 9.58 Å². The molecular formula is C23H36N4O. The van der Waals surface area contributed by atoms with Crippen LogP contribution in [0, 0.1) is 6.92 Å². The molecule has 0 aliphatic carbocycles. The van der Waals surface area contributed by atoms with Gasteiger partial charge in [0.1, 0.15) is 5.75 Å². The summed E-state index contributed by atoms with van der Waals surface area (Å²) in [5.41, 5.74) is 3.98. The third-order valence-corrected chi connectivity index (χ3v) is 5.96. The molecule has 3 rings (SSSR count). The van der Waals surface area contributed by atoms with Gasteiger partial charge in [0.15, 0.2) is 0 Å². The fourth-order valence-electron chi connectivity index (χ4n) is 4.81. The number of piperidine rings is 1. The number of hydrogen-bond acceptors (Lipinski definition) is 4. The summed E-state index contributed by atoms with van der Waals surface area (Å²) in [4.78, 5) is 2.62. The Morgan fingerprint density at radius 3 is 2.29 bits per heavy atom. The highest BCUT2D eigenvalue weighted by molar-refractivity contribution is 5.33. The van der Waals surface area contributed by atoms with Gasteiger partial charge in [0.05, 0.1) is 13.3 Å². The molecule has 1 fully saturated rings. The lowest BCUT2D eigenvalue weighted by Crippen LogP contribution is -2.62. The average Bonchev–Trinajstić information content (AvgIpc) is 2.91. The van der Waals surface area contributed by atoms with Crippen LogP contribution in [0.1, 0.15) is 57.4 Å². The van der Waals surface area contributed by atoms with Crippen LogP contribution in [-0.2, 0) is 20.1 Å². The molecule has 0 atom stereocenters. The Morgan fingerprint density at radius 1 is 1.11 bits per heavy atom.